The van der Waals surface area contributed by atoms with E-state index in [-0.39, 0.29) is 12.3 Å². The van der Waals surface area contributed by atoms with Gasteiger partial charge >= 0.3 is 0 Å². The van der Waals surface area contributed by atoms with E-state index >= 15 is 0 Å². The zero-order chi connectivity index (χ0) is 10.6. The van der Waals surface area contributed by atoms with Crippen LogP contribution in [0.5, 0.6) is 0 Å². The highest BCUT2D eigenvalue weighted by atomic mass is 79.9. The molecule has 1 aromatic heterocycles. The molecule has 0 N–H and O–H groups in total. The van der Waals surface area contributed by atoms with Gasteiger partial charge in [-0.3, -0.25) is 4.79 Å². The van der Waals surface area contributed by atoms with E-state index in [0.29, 0.717) is 10.9 Å². The molecule has 5 heteroatoms. The summed E-state index contributed by atoms with van der Waals surface area (Å²) in [4.78, 5) is 11.6. The third-order valence-corrected chi connectivity index (χ3v) is 2.46. The number of alkyl halides is 1. The Hall–Kier alpha value is -0.550. The number of hydrogen-bond donors (Lipinski definition) is 0. The maximum absolute atomic E-state index is 11.6. The van der Waals surface area contributed by atoms with Crippen LogP contribution in [0.2, 0.25) is 0 Å². The molecular formula is C9H14BrNO3. The van der Waals surface area contributed by atoms with Crippen molar-refractivity contribution in [1.29, 1.82) is 0 Å². The van der Waals surface area contributed by atoms with Gasteiger partial charge in [0.15, 0.2) is 6.73 Å². The predicted molar refractivity (Wildman–Crippen MR) is 56.6 cm³/mol. The molecule has 0 fully saturated rings. The van der Waals surface area contributed by atoms with Crippen LogP contribution in [0.4, 0.5) is 0 Å². The van der Waals surface area contributed by atoms with E-state index in [1.165, 1.54) is 11.8 Å². The predicted octanol–water partition coefficient (Wildman–Crippen LogP) is 1.89. The Bertz CT molecular complexity index is 342. The van der Waals surface area contributed by atoms with Crippen molar-refractivity contribution in [3.63, 3.8) is 0 Å². The minimum absolute atomic E-state index is 0.104. The quantitative estimate of drug-likeness (QED) is 0.763. The molecule has 0 spiro atoms. The number of hydrogen-bond acceptors (Lipinski definition) is 3. The van der Waals surface area contributed by atoms with E-state index in [1.807, 2.05) is 6.92 Å². The van der Waals surface area contributed by atoms with Crippen LogP contribution in [0.25, 0.3) is 0 Å². The first-order valence-corrected chi connectivity index (χ1v) is 5.63. The van der Waals surface area contributed by atoms with E-state index in [2.05, 4.69) is 15.9 Å². The molecule has 0 amide bonds. The highest BCUT2D eigenvalue weighted by Gasteiger charge is 2.14. The zero-order valence-electron chi connectivity index (χ0n) is 8.38. The van der Waals surface area contributed by atoms with Gasteiger partial charge in [0.2, 0.25) is 0 Å². The van der Waals surface area contributed by atoms with Crippen molar-refractivity contribution in [1.82, 2.24) is 4.74 Å². The third kappa shape index (κ3) is 2.27. The molecule has 4 nitrogen and oxygen atoms in total. The second-order valence-corrected chi connectivity index (χ2v) is 3.54. The average molecular weight is 264 g/mol. The fraction of sp³-hybridized carbons (Fsp3) is 0.667. The Morgan fingerprint density at radius 2 is 2.29 bits per heavy atom. The summed E-state index contributed by atoms with van der Waals surface area (Å²) >= 11 is 3.28. The van der Waals surface area contributed by atoms with E-state index < -0.39 is 0 Å². The maximum Gasteiger partial charge on any atom is 0.289 e. The Labute approximate surface area is 90.9 Å². The molecule has 0 aliphatic heterocycles. The molecule has 0 aliphatic carbocycles. The maximum atomic E-state index is 11.6. The molecule has 0 radical (unpaired) electrons. The minimum atomic E-state index is -0.104. The number of methoxy groups -OCH3 is 1. The lowest BCUT2D eigenvalue weighted by Gasteiger charge is -1.96. The number of aromatic nitrogens is 1. The fourth-order valence-electron chi connectivity index (χ4n) is 1.26. The summed E-state index contributed by atoms with van der Waals surface area (Å²) in [6, 6.07) is 0. The van der Waals surface area contributed by atoms with Gasteiger partial charge in [-0.25, -0.2) is 0 Å². The van der Waals surface area contributed by atoms with Crippen LogP contribution in [0.15, 0.2) is 9.32 Å². The molecule has 0 bridgehead atoms. The topological polar surface area (TPSA) is 44.4 Å². The van der Waals surface area contributed by atoms with Gasteiger partial charge in [0.1, 0.15) is 5.76 Å². The number of rotatable bonds is 5. The summed E-state index contributed by atoms with van der Waals surface area (Å²) < 4.78 is 11.5. The number of aryl methyl sites for hydroxylation is 1. The van der Waals surface area contributed by atoms with E-state index in [9.17, 15) is 4.79 Å². The van der Waals surface area contributed by atoms with Crippen molar-refractivity contribution in [3.8, 4) is 0 Å². The number of halogens is 1. The molecule has 14 heavy (non-hydrogen) atoms. The second kappa shape index (κ2) is 5.36. The monoisotopic (exact) mass is 263 g/mol. The zero-order valence-corrected chi connectivity index (χ0v) is 9.96. The summed E-state index contributed by atoms with van der Waals surface area (Å²) in [5.74, 6) is 0.756. The molecule has 0 saturated heterocycles. The molecule has 0 unspecified atom stereocenters. The van der Waals surface area contributed by atoms with Crippen LogP contribution in [-0.4, -0.2) is 11.8 Å². The standard InChI is InChI=1S/C9H14BrNO3/c1-3-4-8-7(5-10)9(12)11(14-8)6-13-2/h3-6H2,1-2H3. The number of nitrogens with zero attached hydrogens (tertiary/aromatic N) is 1. The van der Waals surface area contributed by atoms with E-state index in [4.69, 9.17) is 9.26 Å². The first-order valence-electron chi connectivity index (χ1n) is 4.51. The molecule has 1 heterocycles. The minimum Gasteiger partial charge on any atom is -0.378 e. The first kappa shape index (κ1) is 11.5. The average Bonchev–Trinajstić information content (AvgIpc) is 2.45. The second-order valence-electron chi connectivity index (χ2n) is 2.98. The van der Waals surface area contributed by atoms with Crippen LogP contribution in [0.3, 0.4) is 0 Å². The van der Waals surface area contributed by atoms with Gasteiger partial charge in [-0.2, -0.15) is 0 Å². The summed E-state index contributed by atoms with van der Waals surface area (Å²) in [5.41, 5.74) is 0.594. The lowest BCUT2D eigenvalue weighted by atomic mass is 10.2. The Kier molecular flexibility index (Phi) is 4.41. The highest BCUT2D eigenvalue weighted by Crippen LogP contribution is 2.11. The van der Waals surface area contributed by atoms with Gasteiger partial charge < -0.3 is 9.26 Å². The molecule has 1 aromatic rings. The molecule has 0 atom stereocenters. The molecule has 1 rings (SSSR count). The van der Waals surface area contributed by atoms with Gasteiger partial charge in [-0.15, -0.1) is 4.74 Å². The van der Waals surface area contributed by atoms with Gasteiger partial charge in [-0.05, 0) is 6.42 Å². The Balaban J connectivity index is 3.04. The van der Waals surface area contributed by atoms with Crippen LogP contribution in [0.1, 0.15) is 24.7 Å². The van der Waals surface area contributed by atoms with Crippen molar-refractivity contribution in [2.24, 2.45) is 0 Å². The molecule has 0 saturated carbocycles. The largest absolute Gasteiger partial charge is 0.378 e. The molecule has 0 aromatic carbocycles. The lowest BCUT2D eigenvalue weighted by molar-refractivity contribution is 0.0545. The van der Waals surface area contributed by atoms with Gasteiger partial charge in [0.05, 0.1) is 5.56 Å². The Morgan fingerprint density at radius 3 is 2.79 bits per heavy atom. The van der Waals surface area contributed by atoms with Crippen LogP contribution >= 0.6 is 15.9 Å². The lowest BCUT2D eigenvalue weighted by Crippen LogP contribution is -2.17. The van der Waals surface area contributed by atoms with Crippen LogP contribution in [-0.2, 0) is 23.2 Å². The van der Waals surface area contributed by atoms with E-state index in [0.717, 1.165) is 18.6 Å². The smallest absolute Gasteiger partial charge is 0.289 e. The normalized spacial score (nSPS) is 10.8. The van der Waals surface area contributed by atoms with E-state index in [1.54, 1.807) is 0 Å². The number of ether oxygens (including phenoxy) is 1. The van der Waals surface area contributed by atoms with Gasteiger partial charge in [-0.1, -0.05) is 22.9 Å². The van der Waals surface area contributed by atoms with Crippen molar-refractivity contribution < 1.29 is 9.26 Å². The molecule has 80 valence electrons. The Morgan fingerprint density at radius 1 is 1.57 bits per heavy atom. The highest BCUT2D eigenvalue weighted by molar-refractivity contribution is 9.08. The summed E-state index contributed by atoms with van der Waals surface area (Å²) in [5, 5.41) is 0.529. The fourth-order valence-corrected chi connectivity index (χ4v) is 1.81. The van der Waals surface area contributed by atoms with Gasteiger partial charge in [0.25, 0.3) is 5.56 Å². The van der Waals surface area contributed by atoms with Crippen LogP contribution in [0, 0.1) is 0 Å². The third-order valence-electron chi connectivity index (χ3n) is 1.90. The van der Waals surface area contributed by atoms with Crippen LogP contribution < -0.4 is 5.56 Å². The molecular weight excluding hydrogens is 250 g/mol. The summed E-state index contributed by atoms with van der Waals surface area (Å²) in [7, 11) is 1.53. The SMILES string of the molecule is CCCc1on(COC)c(=O)c1CBr. The first-order chi connectivity index (χ1) is 6.74. The molecule has 0 aliphatic rings. The summed E-state index contributed by atoms with van der Waals surface area (Å²) in [6.45, 7) is 2.22. The summed E-state index contributed by atoms with van der Waals surface area (Å²) in [6.07, 6.45) is 1.74. The van der Waals surface area contributed by atoms with Gasteiger partial charge in [0, 0.05) is 18.9 Å². The van der Waals surface area contributed by atoms with Crippen molar-refractivity contribution >= 4 is 15.9 Å². The van der Waals surface area contributed by atoms with Crippen molar-refractivity contribution in [2.75, 3.05) is 7.11 Å². The van der Waals surface area contributed by atoms with Crippen molar-refractivity contribution in [3.05, 3.63) is 21.7 Å². The van der Waals surface area contributed by atoms with Crippen molar-refractivity contribution in [2.45, 2.75) is 31.8 Å².